The SMILES string of the molecule is CCOCCOCCOCC1CCC2OC2CC1. The van der Waals surface area contributed by atoms with Gasteiger partial charge < -0.3 is 18.9 Å². The van der Waals surface area contributed by atoms with Crippen LogP contribution in [0.4, 0.5) is 0 Å². The van der Waals surface area contributed by atoms with E-state index in [1.807, 2.05) is 6.92 Å². The smallest absolute Gasteiger partial charge is 0.0842 e. The standard InChI is InChI=1S/C14H26O4/c1-2-15-7-8-16-9-10-17-11-12-3-5-13-14(18-13)6-4-12/h12-14H,2-11H2,1H3. The Morgan fingerprint density at radius 3 is 2.11 bits per heavy atom. The summed E-state index contributed by atoms with van der Waals surface area (Å²) in [5.74, 6) is 0.727. The van der Waals surface area contributed by atoms with Crippen LogP contribution in [-0.2, 0) is 18.9 Å². The van der Waals surface area contributed by atoms with Gasteiger partial charge in [0.25, 0.3) is 0 Å². The van der Waals surface area contributed by atoms with E-state index in [9.17, 15) is 0 Å². The van der Waals surface area contributed by atoms with Gasteiger partial charge >= 0.3 is 0 Å². The summed E-state index contributed by atoms with van der Waals surface area (Å²) < 4.78 is 21.8. The van der Waals surface area contributed by atoms with Crippen LogP contribution in [0.1, 0.15) is 32.6 Å². The van der Waals surface area contributed by atoms with Crippen LogP contribution in [0.15, 0.2) is 0 Å². The molecule has 1 aliphatic heterocycles. The van der Waals surface area contributed by atoms with Crippen LogP contribution in [0.5, 0.6) is 0 Å². The van der Waals surface area contributed by atoms with Crippen molar-refractivity contribution in [3.63, 3.8) is 0 Å². The molecule has 1 saturated carbocycles. The minimum atomic E-state index is 0.580. The first kappa shape index (κ1) is 14.3. The van der Waals surface area contributed by atoms with E-state index in [2.05, 4.69) is 0 Å². The normalized spacial score (nSPS) is 30.8. The van der Waals surface area contributed by atoms with Gasteiger partial charge in [-0.1, -0.05) is 0 Å². The highest BCUT2D eigenvalue weighted by atomic mass is 16.6. The summed E-state index contributed by atoms with van der Waals surface area (Å²) in [4.78, 5) is 0. The Labute approximate surface area is 110 Å². The molecule has 0 amide bonds. The van der Waals surface area contributed by atoms with Crippen LogP contribution in [-0.4, -0.2) is 51.8 Å². The summed E-state index contributed by atoms with van der Waals surface area (Å²) in [6, 6.07) is 0. The van der Waals surface area contributed by atoms with Gasteiger partial charge in [-0.3, -0.25) is 0 Å². The lowest BCUT2D eigenvalue weighted by Gasteiger charge is -2.14. The van der Waals surface area contributed by atoms with Crippen LogP contribution in [0.25, 0.3) is 0 Å². The molecule has 1 saturated heterocycles. The van der Waals surface area contributed by atoms with E-state index in [1.165, 1.54) is 25.7 Å². The fourth-order valence-electron chi connectivity index (χ4n) is 2.53. The van der Waals surface area contributed by atoms with Crippen LogP contribution < -0.4 is 0 Å². The monoisotopic (exact) mass is 258 g/mol. The van der Waals surface area contributed by atoms with Crippen LogP contribution in [0.3, 0.4) is 0 Å². The molecule has 106 valence electrons. The van der Waals surface area contributed by atoms with E-state index in [0.29, 0.717) is 38.6 Å². The Balaban J connectivity index is 1.38. The molecule has 2 atom stereocenters. The lowest BCUT2D eigenvalue weighted by molar-refractivity contribution is 0.00735. The Kier molecular flexibility index (Phi) is 6.41. The van der Waals surface area contributed by atoms with Gasteiger partial charge in [0.15, 0.2) is 0 Å². The van der Waals surface area contributed by atoms with E-state index in [0.717, 1.165) is 19.1 Å². The molecule has 1 heterocycles. The fraction of sp³-hybridized carbons (Fsp3) is 1.00. The molecule has 0 aromatic rings. The zero-order valence-electron chi connectivity index (χ0n) is 11.4. The number of hydrogen-bond donors (Lipinski definition) is 0. The van der Waals surface area contributed by atoms with Crippen molar-refractivity contribution in [1.29, 1.82) is 0 Å². The highest BCUT2D eigenvalue weighted by Crippen LogP contribution is 2.37. The van der Waals surface area contributed by atoms with Crippen molar-refractivity contribution in [2.45, 2.75) is 44.8 Å². The van der Waals surface area contributed by atoms with Crippen LogP contribution in [0, 0.1) is 5.92 Å². The molecule has 2 aliphatic rings. The van der Waals surface area contributed by atoms with Gasteiger partial charge in [-0.25, -0.2) is 0 Å². The summed E-state index contributed by atoms with van der Waals surface area (Å²) in [7, 11) is 0. The topological polar surface area (TPSA) is 40.2 Å². The maximum Gasteiger partial charge on any atom is 0.0842 e. The zero-order chi connectivity index (χ0) is 12.6. The number of hydrogen-bond acceptors (Lipinski definition) is 4. The molecule has 4 nitrogen and oxygen atoms in total. The molecule has 0 N–H and O–H groups in total. The predicted octanol–water partition coefficient (Wildman–Crippen LogP) is 2.01. The van der Waals surface area contributed by atoms with Crippen molar-refractivity contribution in [2.24, 2.45) is 5.92 Å². The van der Waals surface area contributed by atoms with E-state index >= 15 is 0 Å². The van der Waals surface area contributed by atoms with Crippen LogP contribution >= 0.6 is 0 Å². The molecule has 2 rings (SSSR count). The van der Waals surface area contributed by atoms with Crippen molar-refractivity contribution in [3.8, 4) is 0 Å². The third kappa shape index (κ3) is 5.22. The third-order valence-corrected chi connectivity index (χ3v) is 3.71. The van der Waals surface area contributed by atoms with Gasteiger partial charge in [0.05, 0.1) is 38.6 Å². The lowest BCUT2D eigenvalue weighted by Crippen LogP contribution is -2.14. The molecule has 18 heavy (non-hydrogen) atoms. The van der Waals surface area contributed by atoms with E-state index in [4.69, 9.17) is 18.9 Å². The van der Waals surface area contributed by atoms with Gasteiger partial charge in [-0.05, 0) is 38.5 Å². The highest BCUT2D eigenvalue weighted by molar-refractivity contribution is 4.88. The van der Waals surface area contributed by atoms with Crippen molar-refractivity contribution in [1.82, 2.24) is 0 Å². The summed E-state index contributed by atoms with van der Waals surface area (Å²) in [5, 5.41) is 0. The summed E-state index contributed by atoms with van der Waals surface area (Å²) >= 11 is 0. The molecule has 4 heteroatoms. The van der Waals surface area contributed by atoms with E-state index < -0.39 is 0 Å². The summed E-state index contributed by atoms with van der Waals surface area (Å²) in [5.41, 5.74) is 0. The molecule has 2 unspecified atom stereocenters. The maximum absolute atomic E-state index is 5.68. The molecule has 0 aromatic heterocycles. The molecule has 0 spiro atoms. The van der Waals surface area contributed by atoms with Crippen molar-refractivity contribution >= 4 is 0 Å². The lowest BCUT2D eigenvalue weighted by atomic mass is 10.0. The van der Waals surface area contributed by atoms with Gasteiger partial charge in [-0.2, -0.15) is 0 Å². The molecular formula is C14H26O4. The molecule has 0 bridgehead atoms. The number of rotatable bonds is 9. The Morgan fingerprint density at radius 2 is 1.44 bits per heavy atom. The molecule has 0 radical (unpaired) electrons. The minimum Gasteiger partial charge on any atom is -0.379 e. The molecule has 0 aromatic carbocycles. The van der Waals surface area contributed by atoms with Gasteiger partial charge in [-0.15, -0.1) is 0 Å². The predicted molar refractivity (Wildman–Crippen MR) is 68.8 cm³/mol. The Hall–Kier alpha value is -0.160. The Morgan fingerprint density at radius 1 is 0.833 bits per heavy atom. The second kappa shape index (κ2) is 8.10. The quantitative estimate of drug-likeness (QED) is 0.468. The fourth-order valence-corrected chi connectivity index (χ4v) is 2.53. The van der Waals surface area contributed by atoms with E-state index in [-0.39, 0.29) is 0 Å². The number of ether oxygens (including phenoxy) is 4. The number of fused-ring (bicyclic) bond motifs is 1. The number of epoxide rings is 1. The summed E-state index contributed by atoms with van der Waals surface area (Å²) in [6.07, 6.45) is 6.13. The van der Waals surface area contributed by atoms with Gasteiger partial charge in [0.1, 0.15) is 0 Å². The third-order valence-electron chi connectivity index (χ3n) is 3.71. The summed E-state index contributed by atoms with van der Waals surface area (Å²) in [6.45, 7) is 6.36. The van der Waals surface area contributed by atoms with Gasteiger partial charge in [0.2, 0.25) is 0 Å². The highest BCUT2D eigenvalue weighted by Gasteiger charge is 2.40. The Bertz CT molecular complexity index is 210. The molecular weight excluding hydrogens is 232 g/mol. The van der Waals surface area contributed by atoms with Crippen molar-refractivity contribution < 1.29 is 18.9 Å². The second-order valence-electron chi connectivity index (χ2n) is 5.12. The first-order chi connectivity index (χ1) is 8.90. The van der Waals surface area contributed by atoms with Crippen molar-refractivity contribution in [3.05, 3.63) is 0 Å². The van der Waals surface area contributed by atoms with Crippen molar-refractivity contribution in [2.75, 3.05) is 39.6 Å². The minimum absolute atomic E-state index is 0.580. The average Bonchev–Trinajstić information content (AvgIpc) is 3.13. The average molecular weight is 258 g/mol. The van der Waals surface area contributed by atoms with E-state index in [1.54, 1.807) is 0 Å². The molecule has 1 aliphatic carbocycles. The first-order valence-electron chi connectivity index (χ1n) is 7.29. The zero-order valence-corrected chi connectivity index (χ0v) is 11.4. The van der Waals surface area contributed by atoms with Crippen LogP contribution in [0.2, 0.25) is 0 Å². The van der Waals surface area contributed by atoms with Gasteiger partial charge in [0, 0.05) is 13.2 Å². The molecule has 2 fully saturated rings. The maximum atomic E-state index is 5.68. The largest absolute Gasteiger partial charge is 0.379 e. The second-order valence-corrected chi connectivity index (χ2v) is 5.12. The first-order valence-corrected chi connectivity index (χ1v) is 7.29.